The second-order valence-corrected chi connectivity index (χ2v) is 2.97. The number of carbonyl (C=O) groups is 2. The summed E-state index contributed by atoms with van der Waals surface area (Å²) in [4.78, 5) is 21.5. The van der Waals surface area contributed by atoms with Gasteiger partial charge in [0.05, 0.1) is 0 Å². The van der Waals surface area contributed by atoms with E-state index in [9.17, 15) is 9.59 Å². The summed E-state index contributed by atoms with van der Waals surface area (Å²) < 4.78 is 0. The van der Waals surface area contributed by atoms with Crippen LogP contribution >= 0.6 is 0 Å². The standard InChI is InChI=1S/C10H12O3/c11-9(6-3-7-10(12)13)8-4-1-2-5-8/h1,4-5H,2-3,6-7H2,(H,12,13). The quantitative estimate of drug-likeness (QED) is 0.700. The van der Waals surface area contributed by atoms with Crippen molar-refractivity contribution in [1.82, 2.24) is 0 Å². The lowest BCUT2D eigenvalue weighted by Crippen LogP contribution is -2.01. The zero-order chi connectivity index (χ0) is 9.68. The topological polar surface area (TPSA) is 54.4 Å². The summed E-state index contributed by atoms with van der Waals surface area (Å²) >= 11 is 0. The Balaban J connectivity index is 2.25. The van der Waals surface area contributed by atoms with Gasteiger partial charge in [-0.05, 0) is 12.8 Å². The molecule has 1 aliphatic carbocycles. The summed E-state index contributed by atoms with van der Waals surface area (Å²) in [6.07, 6.45) is 7.24. The summed E-state index contributed by atoms with van der Waals surface area (Å²) in [6.45, 7) is 0. The lowest BCUT2D eigenvalue weighted by molar-refractivity contribution is -0.137. The second kappa shape index (κ2) is 4.60. The van der Waals surface area contributed by atoms with Crippen LogP contribution in [0.25, 0.3) is 0 Å². The molecule has 0 aromatic heterocycles. The fraction of sp³-hybridized carbons (Fsp3) is 0.400. The molecule has 1 aliphatic rings. The molecule has 0 unspecified atom stereocenters. The number of carboxylic acids is 1. The van der Waals surface area contributed by atoms with Crippen LogP contribution in [0.3, 0.4) is 0 Å². The van der Waals surface area contributed by atoms with Gasteiger partial charge < -0.3 is 5.11 Å². The Morgan fingerprint density at radius 3 is 2.69 bits per heavy atom. The minimum atomic E-state index is -0.844. The van der Waals surface area contributed by atoms with Gasteiger partial charge in [-0.1, -0.05) is 18.2 Å². The highest BCUT2D eigenvalue weighted by atomic mass is 16.4. The largest absolute Gasteiger partial charge is 0.481 e. The zero-order valence-electron chi connectivity index (χ0n) is 7.32. The van der Waals surface area contributed by atoms with E-state index in [1.807, 2.05) is 12.2 Å². The number of rotatable bonds is 5. The maximum absolute atomic E-state index is 11.3. The van der Waals surface area contributed by atoms with Crippen LogP contribution in [0, 0.1) is 0 Å². The highest BCUT2D eigenvalue weighted by molar-refractivity contribution is 5.98. The SMILES string of the molecule is O=C(O)CCCC(=O)C1=CCC=C1. The number of allylic oxidation sites excluding steroid dienone is 4. The van der Waals surface area contributed by atoms with Crippen LogP contribution in [-0.2, 0) is 9.59 Å². The van der Waals surface area contributed by atoms with E-state index in [-0.39, 0.29) is 12.2 Å². The molecule has 1 rings (SSSR count). The van der Waals surface area contributed by atoms with Crippen LogP contribution < -0.4 is 0 Å². The molecule has 13 heavy (non-hydrogen) atoms. The molecule has 0 saturated heterocycles. The summed E-state index contributed by atoms with van der Waals surface area (Å²) in [5.74, 6) is -0.793. The van der Waals surface area contributed by atoms with E-state index in [1.165, 1.54) is 0 Å². The molecule has 70 valence electrons. The van der Waals surface area contributed by atoms with Crippen LogP contribution in [0.15, 0.2) is 23.8 Å². The van der Waals surface area contributed by atoms with Gasteiger partial charge in [-0.25, -0.2) is 0 Å². The lowest BCUT2D eigenvalue weighted by Gasteiger charge is -1.97. The van der Waals surface area contributed by atoms with Gasteiger partial charge in [0.2, 0.25) is 0 Å². The number of aliphatic carboxylic acids is 1. The highest BCUT2D eigenvalue weighted by Gasteiger charge is 2.09. The molecule has 0 heterocycles. The Labute approximate surface area is 76.8 Å². The van der Waals surface area contributed by atoms with E-state index in [2.05, 4.69) is 0 Å². The van der Waals surface area contributed by atoms with Gasteiger partial charge in [0.1, 0.15) is 0 Å². The van der Waals surface area contributed by atoms with E-state index in [0.717, 1.165) is 12.0 Å². The van der Waals surface area contributed by atoms with Crippen molar-refractivity contribution < 1.29 is 14.7 Å². The third-order valence-electron chi connectivity index (χ3n) is 1.89. The first-order chi connectivity index (χ1) is 6.20. The van der Waals surface area contributed by atoms with Gasteiger partial charge in [0, 0.05) is 18.4 Å². The van der Waals surface area contributed by atoms with E-state index in [4.69, 9.17) is 5.11 Å². The molecule has 0 aromatic carbocycles. The van der Waals surface area contributed by atoms with Gasteiger partial charge in [-0.2, -0.15) is 0 Å². The van der Waals surface area contributed by atoms with Gasteiger partial charge in [0.25, 0.3) is 0 Å². The Morgan fingerprint density at radius 2 is 2.15 bits per heavy atom. The lowest BCUT2D eigenvalue weighted by atomic mass is 10.1. The first kappa shape index (κ1) is 9.71. The van der Waals surface area contributed by atoms with Crippen molar-refractivity contribution in [3.8, 4) is 0 Å². The van der Waals surface area contributed by atoms with E-state index in [1.54, 1.807) is 6.08 Å². The normalized spacial score (nSPS) is 14.3. The maximum atomic E-state index is 11.3. The minimum Gasteiger partial charge on any atom is -0.481 e. The molecule has 0 spiro atoms. The first-order valence-electron chi connectivity index (χ1n) is 4.32. The average molecular weight is 180 g/mol. The third kappa shape index (κ3) is 3.23. The van der Waals surface area contributed by atoms with Gasteiger partial charge >= 0.3 is 5.97 Å². The number of ketones is 1. The van der Waals surface area contributed by atoms with Crippen molar-refractivity contribution in [3.05, 3.63) is 23.8 Å². The molecule has 0 amide bonds. The van der Waals surface area contributed by atoms with Crippen LogP contribution in [-0.4, -0.2) is 16.9 Å². The molecule has 0 saturated carbocycles. The van der Waals surface area contributed by atoms with Gasteiger partial charge in [-0.3, -0.25) is 9.59 Å². The molecule has 1 N–H and O–H groups in total. The van der Waals surface area contributed by atoms with Crippen molar-refractivity contribution in [2.75, 3.05) is 0 Å². The van der Waals surface area contributed by atoms with Crippen LogP contribution in [0.1, 0.15) is 25.7 Å². The Bertz CT molecular complexity index is 274. The van der Waals surface area contributed by atoms with Crippen LogP contribution in [0.4, 0.5) is 0 Å². The van der Waals surface area contributed by atoms with Crippen LogP contribution in [0.2, 0.25) is 0 Å². The summed E-state index contributed by atoms with van der Waals surface area (Å²) in [5, 5.41) is 8.35. The molecule has 0 bridgehead atoms. The van der Waals surface area contributed by atoms with Gasteiger partial charge in [-0.15, -0.1) is 0 Å². The van der Waals surface area contributed by atoms with Crippen molar-refractivity contribution in [3.63, 3.8) is 0 Å². The fourth-order valence-electron chi connectivity index (χ4n) is 1.21. The van der Waals surface area contributed by atoms with Crippen molar-refractivity contribution >= 4 is 11.8 Å². The molecule has 0 aliphatic heterocycles. The Hall–Kier alpha value is -1.38. The molecule has 0 radical (unpaired) electrons. The second-order valence-electron chi connectivity index (χ2n) is 2.97. The number of Topliss-reactive ketones (excluding diaryl/α,β-unsaturated/α-hetero) is 1. The number of hydrogen-bond acceptors (Lipinski definition) is 2. The summed E-state index contributed by atoms with van der Waals surface area (Å²) in [6, 6.07) is 0. The Morgan fingerprint density at radius 1 is 1.38 bits per heavy atom. The summed E-state index contributed by atoms with van der Waals surface area (Å²) in [7, 11) is 0. The zero-order valence-corrected chi connectivity index (χ0v) is 7.32. The molecule has 0 atom stereocenters. The fourth-order valence-corrected chi connectivity index (χ4v) is 1.21. The van der Waals surface area contributed by atoms with Gasteiger partial charge in [0.15, 0.2) is 5.78 Å². The minimum absolute atomic E-state index is 0.0509. The van der Waals surface area contributed by atoms with E-state index >= 15 is 0 Å². The molecule has 0 aromatic rings. The average Bonchev–Trinajstić information content (AvgIpc) is 2.55. The first-order valence-corrected chi connectivity index (χ1v) is 4.32. The predicted molar refractivity (Wildman–Crippen MR) is 48.3 cm³/mol. The maximum Gasteiger partial charge on any atom is 0.303 e. The molecular weight excluding hydrogens is 168 g/mol. The molecule has 3 heteroatoms. The Kier molecular flexibility index (Phi) is 3.43. The summed E-state index contributed by atoms with van der Waals surface area (Å²) in [5.41, 5.74) is 0.727. The van der Waals surface area contributed by atoms with Crippen molar-refractivity contribution in [2.24, 2.45) is 0 Å². The number of hydrogen-bond donors (Lipinski definition) is 1. The number of carbonyl (C=O) groups excluding carboxylic acids is 1. The highest BCUT2D eigenvalue weighted by Crippen LogP contribution is 2.12. The van der Waals surface area contributed by atoms with Crippen LogP contribution in [0.5, 0.6) is 0 Å². The molecule has 3 nitrogen and oxygen atoms in total. The molecular formula is C10H12O3. The van der Waals surface area contributed by atoms with E-state index in [0.29, 0.717) is 12.8 Å². The third-order valence-corrected chi connectivity index (χ3v) is 1.89. The number of carboxylic acid groups (broad SMARTS) is 1. The smallest absolute Gasteiger partial charge is 0.303 e. The van der Waals surface area contributed by atoms with Crippen molar-refractivity contribution in [2.45, 2.75) is 25.7 Å². The van der Waals surface area contributed by atoms with Crippen molar-refractivity contribution in [1.29, 1.82) is 0 Å². The predicted octanol–water partition coefficient (Wildman–Crippen LogP) is 1.70. The molecule has 0 fully saturated rings. The monoisotopic (exact) mass is 180 g/mol. The van der Waals surface area contributed by atoms with E-state index < -0.39 is 5.97 Å².